The number of aliphatic hydroxyl groups is 1. The summed E-state index contributed by atoms with van der Waals surface area (Å²) in [6.07, 6.45) is 4.18. The van der Waals surface area contributed by atoms with Gasteiger partial charge in [0.05, 0.1) is 32.3 Å². The van der Waals surface area contributed by atoms with Crippen LogP contribution in [0.4, 0.5) is 10.5 Å². The molecule has 5 rings (SSSR count). The Morgan fingerprint density at radius 3 is 2.70 bits per heavy atom. The molecule has 4 aliphatic rings. The second kappa shape index (κ2) is 9.87. The molecule has 0 unspecified atom stereocenters. The molecule has 2 saturated heterocycles. The van der Waals surface area contributed by atoms with Crippen LogP contribution in [-0.4, -0.2) is 79.2 Å². The van der Waals surface area contributed by atoms with E-state index in [4.69, 9.17) is 14.2 Å². The fourth-order valence-corrected chi connectivity index (χ4v) is 5.53. The first-order chi connectivity index (χ1) is 16.1. The van der Waals surface area contributed by atoms with Gasteiger partial charge in [0.1, 0.15) is 18.0 Å². The molecule has 3 fully saturated rings. The molecule has 4 atom stereocenters. The van der Waals surface area contributed by atoms with Crippen LogP contribution in [0.2, 0.25) is 0 Å². The molecule has 1 saturated carbocycles. The fraction of sp³-hybridized carbons (Fsp3) is 0.667. The SMILES string of the molecule is O=C(Nc1ccc2c(c1)[C@@H]1C[C@@H](CC(=O)N3CCOCC3)O[C@@H](CO)[C@@H]1O2)NC1CCCC1. The number of ether oxygens (including phenoxy) is 3. The van der Waals surface area contributed by atoms with Crippen molar-refractivity contribution in [1.29, 1.82) is 0 Å². The molecule has 33 heavy (non-hydrogen) atoms. The number of hydrogen-bond donors (Lipinski definition) is 3. The van der Waals surface area contributed by atoms with Gasteiger partial charge in [-0.1, -0.05) is 12.8 Å². The standard InChI is InChI=1S/C24H33N3O6/c28-14-21-23-19(12-17(32-21)13-22(29)27-7-9-31-10-8-27)18-11-16(5-6-20(18)33-23)26-24(30)25-15-3-1-2-4-15/h5-6,11,15,17,19,21,23,28H,1-4,7-10,12-14H2,(H2,25,26,30)/t17-,19-,21-,23+/m0/s1. The predicted octanol–water partition coefficient (Wildman–Crippen LogP) is 1.99. The van der Waals surface area contributed by atoms with E-state index in [0.717, 1.165) is 37.0 Å². The lowest BCUT2D eigenvalue weighted by Gasteiger charge is -2.38. The third-order valence-electron chi connectivity index (χ3n) is 7.21. The molecule has 9 nitrogen and oxygen atoms in total. The van der Waals surface area contributed by atoms with Crippen molar-refractivity contribution < 1.29 is 28.9 Å². The van der Waals surface area contributed by atoms with Crippen molar-refractivity contribution in [2.75, 3.05) is 38.2 Å². The maximum Gasteiger partial charge on any atom is 0.319 e. The van der Waals surface area contributed by atoms with Gasteiger partial charge in [-0.25, -0.2) is 4.79 Å². The molecule has 0 spiro atoms. The summed E-state index contributed by atoms with van der Waals surface area (Å²) in [4.78, 5) is 27.0. The summed E-state index contributed by atoms with van der Waals surface area (Å²) in [5.41, 5.74) is 1.70. The molecule has 0 radical (unpaired) electrons. The first kappa shape index (κ1) is 22.4. The number of hydrogen-bond acceptors (Lipinski definition) is 6. The Kier molecular flexibility index (Phi) is 6.71. The van der Waals surface area contributed by atoms with Gasteiger partial charge in [-0.05, 0) is 37.5 Å². The minimum Gasteiger partial charge on any atom is -0.487 e. The number of amides is 3. The smallest absolute Gasteiger partial charge is 0.319 e. The van der Waals surface area contributed by atoms with Crippen LogP contribution in [0.5, 0.6) is 5.75 Å². The fourth-order valence-electron chi connectivity index (χ4n) is 5.53. The molecule has 0 aromatic heterocycles. The number of urea groups is 1. The molecule has 0 bridgehead atoms. The van der Waals surface area contributed by atoms with E-state index in [1.54, 1.807) is 0 Å². The lowest BCUT2D eigenvalue weighted by Crippen LogP contribution is -2.48. The van der Waals surface area contributed by atoms with E-state index in [2.05, 4.69) is 10.6 Å². The highest BCUT2D eigenvalue weighted by atomic mass is 16.6. The molecule has 3 aliphatic heterocycles. The van der Waals surface area contributed by atoms with Gasteiger partial charge in [0.25, 0.3) is 0 Å². The van der Waals surface area contributed by atoms with Crippen LogP contribution in [0.15, 0.2) is 18.2 Å². The average molecular weight is 460 g/mol. The van der Waals surface area contributed by atoms with Gasteiger partial charge >= 0.3 is 6.03 Å². The zero-order chi connectivity index (χ0) is 22.8. The summed E-state index contributed by atoms with van der Waals surface area (Å²) < 4.78 is 17.5. The average Bonchev–Trinajstić information content (AvgIpc) is 3.46. The second-order valence-electron chi connectivity index (χ2n) is 9.43. The molecule has 9 heteroatoms. The van der Waals surface area contributed by atoms with Gasteiger partial charge in [0, 0.05) is 36.3 Å². The van der Waals surface area contributed by atoms with E-state index in [9.17, 15) is 14.7 Å². The van der Waals surface area contributed by atoms with Crippen molar-refractivity contribution in [2.45, 2.75) is 68.8 Å². The first-order valence-corrected chi connectivity index (χ1v) is 12.1. The molecule has 3 amide bonds. The van der Waals surface area contributed by atoms with Crippen LogP contribution in [0.25, 0.3) is 0 Å². The van der Waals surface area contributed by atoms with Crippen molar-refractivity contribution in [1.82, 2.24) is 10.2 Å². The molecule has 1 aromatic carbocycles. The van der Waals surface area contributed by atoms with E-state index in [1.807, 2.05) is 23.1 Å². The Morgan fingerprint density at radius 1 is 1.15 bits per heavy atom. The van der Waals surface area contributed by atoms with Gasteiger partial charge in [-0.2, -0.15) is 0 Å². The van der Waals surface area contributed by atoms with Crippen LogP contribution in [0.3, 0.4) is 0 Å². The molecular weight excluding hydrogens is 426 g/mol. The highest BCUT2D eigenvalue weighted by Gasteiger charge is 2.46. The van der Waals surface area contributed by atoms with Gasteiger partial charge < -0.3 is 34.9 Å². The number of nitrogens with zero attached hydrogens (tertiary/aromatic N) is 1. The number of nitrogens with one attached hydrogen (secondary N) is 2. The highest BCUT2D eigenvalue weighted by molar-refractivity contribution is 5.89. The van der Waals surface area contributed by atoms with Crippen molar-refractivity contribution in [2.24, 2.45) is 0 Å². The monoisotopic (exact) mass is 459 g/mol. The summed E-state index contributed by atoms with van der Waals surface area (Å²) in [5.74, 6) is 0.790. The topological polar surface area (TPSA) is 109 Å². The highest BCUT2D eigenvalue weighted by Crippen LogP contribution is 2.47. The van der Waals surface area contributed by atoms with Gasteiger partial charge in [-0.15, -0.1) is 0 Å². The van der Waals surface area contributed by atoms with Crippen LogP contribution >= 0.6 is 0 Å². The zero-order valence-electron chi connectivity index (χ0n) is 18.8. The Hall–Kier alpha value is -2.36. The summed E-state index contributed by atoms with van der Waals surface area (Å²) in [7, 11) is 0. The van der Waals surface area contributed by atoms with Crippen LogP contribution in [-0.2, 0) is 14.3 Å². The first-order valence-electron chi connectivity index (χ1n) is 12.1. The van der Waals surface area contributed by atoms with E-state index in [1.165, 1.54) is 0 Å². The Labute approximate surface area is 193 Å². The number of carbonyl (C=O) groups is 2. The maximum absolute atomic E-state index is 12.8. The van der Waals surface area contributed by atoms with Crippen molar-refractivity contribution in [3.63, 3.8) is 0 Å². The molecular formula is C24H33N3O6. The molecule has 180 valence electrons. The lowest BCUT2D eigenvalue weighted by atomic mass is 9.84. The zero-order valence-corrected chi connectivity index (χ0v) is 18.8. The van der Waals surface area contributed by atoms with Crippen LogP contribution in [0.1, 0.15) is 50.0 Å². The Balaban J connectivity index is 1.26. The van der Waals surface area contributed by atoms with Crippen molar-refractivity contribution in [3.05, 3.63) is 23.8 Å². The summed E-state index contributed by atoms with van der Waals surface area (Å²) in [6.45, 7) is 2.15. The molecule has 1 aliphatic carbocycles. The minimum atomic E-state index is -0.499. The number of morpholine rings is 1. The number of rotatable bonds is 5. The molecule has 3 N–H and O–H groups in total. The third kappa shape index (κ3) is 4.95. The Morgan fingerprint density at radius 2 is 1.94 bits per heavy atom. The van der Waals surface area contributed by atoms with E-state index in [0.29, 0.717) is 38.4 Å². The van der Waals surface area contributed by atoms with Gasteiger partial charge in [0.15, 0.2) is 0 Å². The summed E-state index contributed by atoms with van der Waals surface area (Å²) >= 11 is 0. The van der Waals surface area contributed by atoms with Crippen LogP contribution in [0, 0.1) is 0 Å². The van der Waals surface area contributed by atoms with Gasteiger partial charge in [0.2, 0.25) is 5.91 Å². The van der Waals surface area contributed by atoms with E-state index in [-0.39, 0.29) is 49.1 Å². The predicted molar refractivity (Wildman–Crippen MR) is 120 cm³/mol. The van der Waals surface area contributed by atoms with Gasteiger partial charge in [-0.3, -0.25) is 4.79 Å². The third-order valence-corrected chi connectivity index (χ3v) is 7.21. The van der Waals surface area contributed by atoms with Crippen molar-refractivity contribution in [3.8, 4) is 5.75 Å². The largest absolute Gasteiger partial charge is 0.487 e. The Bertz CT molecular complexity index is 868. The number of anilines is 1. The van der Waals surface area contributed by atoms with E-state index < -0.39 is 6.10 Å². The number of benzene rings is 1. The second-order valence-corrected chi connectivity index (χ2v) is 9.43. The number of fused-ring (bicyclic) bond motifs is 3. The minimum absolute atomic E-state index is 0.00645. The summed E-state index contributed by atoms with van der Waals surface area (Å²) in [5, 5.41) is 15.9. The van der Waals surface area contributed by atoms with E-state index >= 15 is 0 Å². The maximum atomic E-state index is 12.8. The molecule has 3 heterocycles. The van der Waals surface area contributed by atoms with Crippen molar-refractivity contribution >= 4 is 17.6 Å². The summed E-state index contributed by atoms with van der Waals surface area (Å²) in [6, 6.07) is 5.71. The lowest BCUT2D eigenvalue weighted by molar-refractivity contribution is -0.151. The number of carbonyl (C=O) groups excluding carboxylic acids is 2. The normalized spacial score (nSPS) is 29.2. The molecule has 1 aromatic rings. The quantitative estimate of drug-likeness (QED) is 0.621. The number of aliphatic hydroxyl groups excluding tert-OH is 1. The van der Waals surface area contributed by atoms with Crippen LogP contribution < -0.4 is 15.4 Å².